The van der Waals surface area contributed by atoms with Crippen molar-refractivity contribution >= 4 is 16.6 Å². The van der Waals surface area contributed by atoms with Crippen LogP contribution in [0.5, 0.6) is 0 Å². The third-order valence-corrected chi connectivity index (χ3v) is 6.12. The lowest BCUT2D eigenvalue weighted by Crippen LogP contribution is -2.37. The van der Waals surface area contributed by atoms with Crippen LogP contribution in [0.25, 0.3) is 10.8 Å². The molecule has 0 spiro atoms. The Hall–Kier alpha value is -3.23. The minimum atomic E-state index is -1.25. The molecular weight excluding hydrogens is 356 g/mol. The highest BCUT2D eigenvalue weighted by Gasteiger charge is 2.42. The Labute approximate surface area is 170 Å². The summed E-state index contributed by atoms with van der Waals surface area (Å²) in [6.45, 7) is 2.15. The summed E-state index contributed by atoms with van der Waals surface area (Å²) in [5.41, 5.74) is 3.67. The van der Waals surface area contributed by atoms with Gasteiger partial charge in [-0.1, -0.05) is 91.9 Å². The van der Waals surface area contributed by atoms with E-state index in [0.29, 0.717) is 28.7 Å². The predicted octanol–water partition coefficient (Wildman–Crippen LogP) is 5.43. The van der Waals surface area contributed by atoms with E-state index in [-0.39, 0.29) is 5.78 Å². The first-order valence-electron chi connectivity index (χ1n) is 10.1. The molecule has 0 saturated heterocycles. The van der Waals surface area contributed by atoms with Crippen LogP contribution in [0.3, 0.4) is 0 Å². The fraction of sp³-hybridized carbons (Fsp3) is 0.148. The highest BCUT2D eigenvalue weighted by atomic mass is 16.3. The smallest absolute Gasteiger partial charge is 0.193 e. The monoisotopic (exact) mass is 378 g/mol. The number of aliphatic hydroxyl groups is 1. The number of carbonyl (C=O) groups excluding carboxylic acids is 1. The molecule has 1 aliphatic carbocycles. The van der Waals surface area contributed by atoms with Crippen LogP contribution >= 0.6 is 0 Å². The number of benzene rings is 4. The molecule has 29 heavy (non-hydrogen) atoms. The Balaban J connectivity index is 1.72. The zero-order chi connectivity index (χ0) is 20.0. The van der Waals surface area contributed by atoms with Gasteiger partial charge in [0.1, 0.15) is 5.60 Å². The van der Waals surface area contributed by atoms with Crippen molar-refractivity contribution in [3.8, 4) is 0 Å². The van der Waals surface area contributed by atoms with Crippen LogP contribution in [0.4, 0.5) is 0 Å². The first-order chi connectivity index (χ1) is 14.1. The molecule has 2 heteroatoms. The zero-order valence-electron chi connectivity index (χ0n) is 16.4. The molecule has 4 aromatic carbocycles. The predicted molar refractivity (Wildman–Crippen MR) is 116 cm³/mol. The van der Waals surface area contributed by atoms with Gasteiger partial charge in [0, 0.05) is 17.5 Å². The number of ketones is 1. The van der Waals surface area contributed by atoms with E-state index in [1.807, 2.05) is 54.6 Å². The second-order valence-electron chi connectivity index (χ2n) is 7.78. The van der Waals surface area contributed by atoms with E-state index >= 15 is 0 Å². The third kappa shape index (κ3) is 2.72. The summed E-state index contributed by atoms with van der Waals surface area (Å²) in [6, 6.07) is 27.6. The van der Waals surface area contributed by atoms with Crippen molar-refractivity contribution in [2.24, 2.45) is 0 Å². The number of carbonyl (C=O) groups is 1. The van der Waals surface area contributed by atoms with E-state index in [4.69, 9.17) is 0 Å². The average molecular weight is 378 g/mol. The molecule has 0 heterocycles. The maximum Gasteiger partial charge on any atom is 0.193 e. The summed E-state index contributed by atoms with van der Waals surface area (Å²) in [5.74, 6) is -0.0219. The highest BCUT2D eigenvalue weighted by molar-refractivity contribution is 6.13. The maximum atomic E-state index is 13.0. The van der Waals surface area contributed by atoms with Gasteiger partial charge < -0.3 is 5.11 Å². The summed E-state index contributed by atoms with van der Waals surface area (Å²) >= 11 is 0. The van der Waals surface area contributed by atoms with Crippen molar-refractivity contribution in [3.63, 3.8) is 0 Å². The molecule has 0 amide bonds. The molecule has 142 valence electrons. The van der Waals surface area contributed by atoms with Crippen molar-refractivity contribution in [2.75, 3.05) is 0 Å². The van der Waals surface area contributed by atoms with Gasteiger partial charge in [-0.3, -0.25) is 4.79 Å². The standard InChI is InChI=1S/C27H22O2/c1-2-18-14-15-21-19(16-18)8-7-9-20(21)17-27(29)24-12-5-3-10-22(24)26(28)23-11-4-6-13-25(23)27/h3-16,29H,2,17H2,1H3. The largest absolute Gasteiger partial charge is 0.380 e. The van der Waals surface area contributed by atoms with Gasteiger partial charge >= 0.3 is 0 Å². The van der Waals surface area contributed by atoms with E-state index < -0.39 is 5.60 Å². The molecule has 0 fully saturated rings. The molecule has 0 atom stereocenters. The van der Waals surface area contributed by atoms with Crippen LogP contribution in [0, 0.1) is 0 Å². The molecule has 0 aromatic heterocycles. The molecular formula is C27H22O2. The molecule has 4 aromatic rings. The summed E-state index contributed by atoms with van der Waals surface area (Å²) in [4.78, 5) is 13.0. The number of fused-ring (bicyclic) bond motifs is 3. The lowest BCUT2D eigenvalue weighted by Gasteiger charge is -2.36. The normalized spacial score (nSPS) is 14.5. The minimum absolute atomic E-state index is 0.0219. The second-order valence-corrected chi connectivity index (χ2v) is 7.78. The number of hydrogen-bond donors (Lipinski definition) is 1. The molecule has 1 aliphatic rings. The van der Waals surface area contributed by atoms with E-state index in [1.165, 1.54) is 10.9 Å². The van der Waals surface area contributed by atoms with Crippen LogP contribution < -0.4 is 0 Å². The van der Waals surface area contributed by atoms with E-state index in [1.54, 1.807) is 0 Å². The van der Waals surface area contributed by atoms with Crippen molar-refractivity contribution in [1.29, 1.82) is 0 Å². The van der Waals surface area contributed by atoms with Crippen molar-refractivity contribution in [2.45, 2.75) is 25.4 Å². The summed E-state index contributed by atoms with van der Waals surface area (Å²) in [6.07, 6.45) is 1.41. The second kappa shape index (κ2) is 6.68. The van der Waals surface area contributed by atoms with Crippen molar-refractivity contribution < 1.29 is 9.90 Å². The Morgan fingerprint density at radius 2 is 1.45 bits per heavy atom. The van der Waals surface area contributed by atoms with E-state index in [0.717, 1.165) is 17.4 Å². The first-order valence-corrected chi connectivity index (χ1v) is 10.1. The van der Waals surface area contributed by atoms with Gasteiger partial charge in [-0.25, -0.2) is 0 Å². The quantitative estimate of drug-likeness (QED) is 0.516. The molecule has 0 aliphatic heterocycles. The van der Waals surface area contributed by atoms with Crippen LogP contribution in [0.1, 0.15) is 45.1 Å². The van der Waals surface area contributed by atoms with Gasteiger partial charge in [-0.05, 0) is 39.4 Å². The molecule has 1 N–H and O–H groups in total. The summed E-state index contributed by atoms with van der Waals surface area (Å²) in [7, 11) is 0. The number of aryl methyl sites for hydroxylation is 1. The first kappa shape index (κ1) is 17.8. The highest BCUT2D eigenvalue weighted by Crippen LogP contribution is 2.42. The maximum absolute atomic E-state index is 13.0. The molecule has 0 radical (unpaired) electrons. The summed E-state index contributed by atoms with van der Waals surface area (Å²) in [5, 5.41) is 14.4. The Morgan fingerprint density at radius 1 is 0.793 bits per heavy atom. The van der Waals surface area contributed by atoms with Gasteiger partial charge in [0.15, 0.2) is 5.78 Å². The Bertz CT molecular complexity index is 1200. The topological polar surface area (TPSA) is 37.3 Å². The minimum Gasteiger partial charge on any atom is -0.380 e. The van der Waals surface area contributed by atoms with Crippen LogP contribution in [0.15, 0.2) is 84.9 Å². The lowest BCUT2D eigenvalue weighted by molar-refractivity contribution is 0.0723. The molecule has 0 unspecified atom stereocenters. The van der Waals surface area contributed by atoms with Crippen LogP contribution in [-0.4, -0.2) is 10.9 Å². The van der Waals surface area contributed by atoms with Gasteiger partial charge in [-0.15, -0.1) is 0 Å². The fourth-order valence-corrected chi connectivity index (χ4v) is 4.61. The molecule has 5 rings (SSSR count). The van der Waals surface area contributed by atoms with Crippen molar-refractivity contribution in [1.82, 2.24) is 0 Å². The van der Waals surface area contributed by atoms with Gasteiger partial charge in [0.25, 0.3) is 0 Å². The number of hydrogen-bond acceptors (Lipinski definition) is 2. The molecule has 0 saturated carbocycles. The van der Waals surface area contributed by atoms with Crippen molar-refractivity contribution in [3.05, 3.63) is 118 Å². The SMILES string of the molecule is CCc1ccc2c(CC3(O)c4ccccc4C(=O)c4ccccc43)cccc2c1. The summed E-state index contributed by atoms with van der Waals surface area (Å²) < 4.78 is 0. The van der Waals surface area contributed by atoms with Crippen LogP contribution in [0.2, 0.25) is 0 Å². The zero-order valence-corrected chi connectivity index (χ0v) is 16.4. The Morgan fingerprint density at radius 3 is 2.10 bits per heavy atom. The molecule has 2 nitrogen and oxygen atoms in total. The Kier molecular flexibility index (Phi) is 4.11. The van der Waals surface area contributed by atoms with E-state index in [9.17, 15) is 9.90 Å². The van der Waals surface area contributed by atoms with Gasteiger partial charge in [-0.2, -0.15) is 0 Å². The van der Waals surface area contributed by atoms with Gasteiger partial charge in [0.2, 0.25) is 0 Å². The molecule has 0 bridgehead atoms. The number of rotatable bonds is 3. The van der Waals surface area contributed by atoms with Gasteiger partial charge in [0.05, 0.1) is 0 Å². The fourth-order valence-electron chi connectivity index (χ4n) is 4.61. The lowest BCUT2D eigenvalue weighted by atomic mass is 9.71. The third-order valence-electron chi connectivity index (χ3n) is 6.12. The van der Waals surface area contributed by atoms with Crippen LogP contribution in [-0.2, 0) is 18.4 Å². The average Bonchev–Trinajstić information content (AvgIpc) is 2.77. The van der Waals surface area contributed by atoms with E-state index in [2.05, 4.69) is 37.3 Å².